The molecule has 0 aliphatic carbocycles. The maximum atomic E-state index is 5.51. The van der Waals surface area contributed by atoms with Crippen molar-refractivity contribution in [3.05, 3.63) is 29.3 Å². The van der Waals surface area contributed by atoms with Crippen LogP contribution in [0.1, 0.15) is 37.8 Å². The Kier molecular flexibility index (Phi) is 4.43. The van der Waals surface area contributed by atoms with Gasteiger partial charge in [-0.1, -0.05) is 25.5 Å². The number of rotatable bonds is 6. The summed E-state index contributed by atoms with van der Waals surface area (Å²) in [6.45, 7) is 6.42. The van der Waals surface area contributed by atoms with Crippen molar-refractivity contribution in [2.24, 2.45) is 0 Å². The van der Waals surface area contributed by atoms with E-state index in [0.717, 1.165) is 31.7 Å². The van der Waals surface area contributed by atoms with Crippen molar-refractivity contribution >= 4 is 0 Å². The standard InChI is InChI=1S/C15H23NO/c1-3-4-12(2)16-9-7-13-5-6-15-14(11-13)8-10-17-15/h5-6,11-12,16H,3-4,7-10H2,1-2H3. The average molecular weight is 233 g/mol. The molecule has 94 valence electrons. The lowest BCUT2D eigenvalue weighted by Crippen LogP contribution is -2.27. The Balaban J connectivity index is 1.79. The summed E-state index contributed by atoms with van der Waals surface area (Å²) in [5.41, 5.74) is 2.80. The molecule has 1 aromatic carbocycles. The third-order valence-electron chi connectivity index (χ3n) is 3.38. The summed E-state index contributed by atoms with van der Waals surface area (Å²) in [6, 6.07) is 7.25. The molecule has 1 unspecified atom stereocenters. The van der Waals surface area contributed by atoms with Crippen LogP contribution in [0.5, 0.6) is 5.75 Å². The van der Waals surface area contributed by atoms with Gasteiger partial charge in [0, 0.05) is 12.5 Å². The lowest BCUT2D eigenvalue weighted by Gasteiger charge is -2.12. The van der Waals surface area contributed by atoms with Gasteiger partial charge in [0.15, 0.2) is 0 Å². The van der Waals surface area contributed by atoms with E-state index in [1.165, 1.54) is 24.0 Å². The molecule has 2 nitrogen and oxygen atoms in total. The Morgan fingerprint density at radius 1 is 1.41 bits per heavy atom. The Hall–Kier alpha value is -1.02. The van der Waals surface area contributed by atoms with E-state index >= 15 is 0 Å². The summed E-state index contributed by atoms with van der Waals surface area (Å²) in [7, 11) is 0. The van der Waals surface area contributed by atoms with Crippen molar-refractivity contribution < 1.29 is 4.74 Å². The number of benzene rings is 1. The van der Waals surface area contributed by atoms with Crippen LogP contribution in [0, 0.1) is 0 Å². The number of hydrogen-bond acceptors (Lipinski definition) is 2. The van der Waals surface area contributed by atoms with Gasteiger partial charge in [0.1, 0.15) is 5.75 Å². The zero-order valence-corrected chi connectivity index (χ0v) is 11.0. The van der Waals surface area contributed by atoms with E-state index in [-0.39, 0.29) is 0 Å². The number of nitrogens with one attached hydrogen (secondary N) is 1. The molecule has 0 spiro atoms. The first kappa shape index (κ1) is 12.4. The van der Waals surface area contributed by atoms with Crippen LogP contribution in [0.3, 0.4) is 0 Å². The first-order chi connectivity index (χ1) is 8.29. The predicted octanol–water partition coefficient (Wildman–Crippen LogP) is 2.94. The van der Waals surface area contributed by atoms with E-state index in [2.05, 4.69) is 37.4 Å². The van der Waals surface area contributed by atoms with Gasteiger partial charge < -0.3 is 10.1 Å². The third-order valence-corrected chi connectivity index (χ3v) is 3.38. The fourth-order valence-corrected chi connectivity index (χ4v) is 2.39. The van der Waals surface area contributed by atoms with E-state index in [1.807, 2.05) is 0 Å². The van der Waals surface area contributed by atoms with E-state index in [4.69, 9.17) is 4.74 Å². The Labute approximate surface area is 104 Å². The Bertz CT molecular complexity index is 362. The zero-order chi connectivity index (χ0) is 12.1. The fraction of sp³-hybridized carbons (Fsp3) is 0.600. The molecule has 0 saturated carbocycles. The molecule has 1 aliphatic heterocycles. The lowest BCUT2D eigenvalue weighted by molar-refractivity contribution is 0.357. The van der Waals surface area contributed by atoms with Crippen LogP contribution in [0.25, 0.3) is 0 Å². The maximum absolute atomic E-state index is 5.51. The first-order valence-corrected chi connectivity index (χ1v) is 6.77. The molecule has 0 bridgehead atoms. The molecular formula is C15H23NO. The molecule has 1 aromatic rings. The average Bonchev–Trinajstić information content (AvgIpc) is 2.76. The van der Waals surface area contributed by atoms with Crippen LogP contribution in [-0.2, 0) is 12.8 Å². The second-order valence-electron chi connectivity index (χ2n) is 4.93. The molecule has 2 rings (SSSR count). The van der Waals surface area contributed by atoms with Gasteiger partial charge in [-0.25, -0.2) is 0 Å². The molecule has 2 heteroatoms. The van der Waals surface area contributed by atoms with Gasteiger partial charge in [-0.3, -0.25) is 0 Å². The van der Waals surface area contributed by atoms with Crippen LogP contribution in [0.15, 0.2) is 18.2 Å². The molecule has 1 N–H and O–H groups in total. The summed E-state index contributed by atoms with van der Waals surface area (Å²) in [4.78, 5) is 0. The zero-order valence-electron chi connectivity index (χ0n) is 11.0. The molecule has 0 radical (unpaired) electrons. The molecule has 0 fully saturated rings. The molecule has 0 saturated heterocycles. The fourth-order valence-electron chi connectivity index (χ4n) is 2.39. The second-order valence-corrected chi connectivity index (χ2v) is 4.93. The van der Waals surface area contributed by atoms with Gasteiger partial charge in [-0.2, -0.15) is 0 Å². The van der Waals surface area contributed by atoms with Gasteiger partial charge in [0.05, 0.1) is 6.61 Å². The van der Waals surface area contributed by atoms with Crippen LogP contribution in [0.2, 0.25) is 0 Å². The highest BCUT2D eigenvalue weighted by atomic mass is 16.5. The molecule has 1 atom stereocenters. The second kappa shape index (κ2) is 6.06. The van der Waals surface area contributed by atoms with Crippen molar-refractivity contribution in [1.82, 2.24) is 5.32 Å². The monoisotopic (exact) mass is 233 g/mol. The minimum atomic E-state index is 0.637. The summed E-state index contributed by atoms with van der Waals surface area (Å²) in [5, 5.41) is 3.57. The van der Waals surface area contributed by atoms with E-state index in [1.54, 1.807) is 0 Å². The molecule has 1 heterocycles. The van der Waals surface area contributed by atoms with Gasteiger partial charge in [-0.05, 0) is 43.5 Å². The SMILES string of the molecule is CCCC(C)NCCc1ccc2c(c1)CCO2. The summed E-state index contributed by atoms with van der Waals surface area (Å²) >= 11 is 0. The Morgan fingerprint density at radius 2 is 2.29 bits per heavy atom. The molecule has 17 heavy (non-hydrogen) atoms. The molecule has 0 amide bonds. The molecular weight excluding hydrogens is 210 g/mol. The third kappa shape index (κ3) is 3.47. The van der Waals surface area contributed by atoms with E-state index in [0.29, 0.717) is 6.04 Å². The number of fused-ring (bicyclic) bond motifs is 1. The number of ether oxygens (including phenoxy) is 1. The quantitative estimate of drug-likeness (QED) is 0.815. The van der Waals surface area contributed by atoms with Crippen LogP contribution in [-0.4, -0.2) is 19.2 Å². The van der Waals surface area contributed by atoms with Crippen molar-refractivity contribution in [3.8, 4) is 5.75 Å². The highest BCUT2D eigenvalue weighted by Crippen LogP contribution is 2.25. The van der Waals surface area contributed by atoms with Crippen LogP contribution >= 0.6 is 0 Å². The summed E-state index contributed by atoms with van der Waals surface area (Å²) in [5.74, 6) is 1.08. The topological polar surface area (TPSA) is 21.3 Å². The first-order valence-electron chi connectivity index (χ1n) is 6.77. The van der Waals surface area contributed by atoms with Gasteiger partial charge in [0.25, 0.3) is 0 Å². The van der Waals surface area contributed by atoms with E-state index in [9.17, 15) is 0 Å². The Morgan fingerprint density at radius 3 is 3.12 bits per heavy atom. The summed E-state index contributed by atoms with van der Waals surface area (Å²) < 4.78 is 5.51. The van der Waals surface area contributed by atoms with E-state index < -0.39 is 0 Å². The van der Waals surface area contributed by atoms with Gasteiger partial charge >= 0.3 is 0 Å². The minimum Gasteiger partial charge on any atom is -0.493 e. The molecule has 0 aromatic heterocycles. The molecule has 1 aliphatic rings. The van der Waals surface area contributed by atoms with Crippen LogP contribution < -0.4 is 10.1 Å². The smallest absolute Gasteiger partial charge is 0.122 e. The largest absolute Gasteiger partial charge is 0.493 e. The van der Waals surface area contributed by atoms with Crippen molar-refractivity contribution in [2.45, 2.75) is 45.6 Å². The number of hydrogen-bond donors (Lipinski definition) is 1. The summed E-state index contributed by atoms with van der Waals surface area (Å²) in [6.07, 6.45) is 4.70. The van der Waals surface area contributed by atoms with Crippen molar-refractivity contribution in [2.75, 3.05) is 13.2 Å². The highest BCUT2D eigenvalue weighted by Gasteiger charge is 2.11. The van der Waals surface area contributed by atoms with Crippen molar-refractivity contribution in [1.29, 1.82) is 0 Å². The minimum absolute atomic E-state index is 0.637. The maximum Gasteiger partial charge on any atom is 0.122 e. The normalized spacial score (nSPS) is 15.4. The van der Waals surface area contributed by atoms with Gasteiger partial charge in [-0.15, -0.1) is 0 Å². The lowest BCUT2D eigenvalue weighted by atomic mass is 10.1. The predicted molar refractivity (Wildman–Crippen MR) is 71.7 cm³/mol. The van der Waals surface area contributed by atoms with Gasteiger partial charge in [0.2, 0.25) is 0 Å². The highest BCUT2D eigenvalue weighted by molar-refractivity contribution is 5.39. The van der Waals surface area contributed by atoms with Crippen molar-refractivity contribution in [3.63, 3.8) is 0 Å². The van der Waals surface area contributed by atoms with Crippen LogP contribution in [0.4, 0.5) is 0 Å².